The number of benzene rings is 2. The van der Waals surface area contributed by atoms with Crippen LogP contribution in [0.1, 0.15) is 31.0 Å². The third-order valence-corrected chi connectivity index (χ3v) is 4.63. The van der Waals surface area contributed by atoms with Crippen molar-refractivity contribution in [3.8, 4) is 5.75 Å². The van der Waals surface area contributed by atoms with Gasteiger partial charge in [0, 0.05) is 16.3 Å². The van der Waals surface area contributed by atoms with Crippen LogP contribution in [0, 0.1) is 0 Å². The molecule has 2 N–H and O–H groups in total. The highest BCUT2D eigenvalue weighted by Crippen LogP contribution is 2.29. The molecule has 1 aliphatic heterocycles. The zero-order chi connectivity index (χ0) is 18.7. The lowest BCUT2D eigenvalue weighted by atomic mass is 9.93. The second kappa shape index (κ2) is 7.89. The summed E-state index contributed by atoms with van der Waals surface area (Å²) < 4.78 is 5.89. The third kappa shape index (κ3) is 4.23. The van der Waals surface area contributed by atoms with E-state index in [1.807, 2.05) is 55.5 Å². The summed E-state index contributed by atoms with van der Waals surface area (Å²) in [6, 6.07) is 14.9. The first-order valence-electron chi connectivity index (χ1n) is 8.20. The van der Waals surface area contributed by atoms with Gasteiger partial charge in [-0.3, -0.25) is 4.79 Å². The van der Waals surface area contributed by atoms with Gasteiger partial charge in [0.25, 0.3) is 0 Å². The van der Waals surface area contributed by atoms with Crippen molar-refractivity contribution in [2.75, 3.05) is 0 Å². The molecule has 0 spiro atoms. The number of carbonyl (C=O) groups excluding carboxylic acids is 1. The maximum atomic E-state index is 12.1. The minimum atomic E-state index is -0.291. The van der Waals surface area contributed by atoms with Crippen molar-refractivity contribution in [2.24, 2.45) is 0 Å². The van der Waals surface area contributed by atoms with Gasteiger partial charge in [-0.15, -0.1) is 0 Å². The van der Waals surface area contributed by atoms with Crippen molar-refractivity contribution in [3.05, 3.63) is 76.0 Å². The smallest absolute Gasteiger partial charge is 0.171 e. The number of rotatable bonds is 5. The number of hydrogen-bond acceptors (Lipinski definition) is 3. The summed E-state index contributed by atoms with van der Waals surface area (Å²) in [7, 11) is 0. The number of Topliss-reactive ketones (excluding diaryl/α,β-unsaturated/α-hetero) is 1. The van der Waals surface area contributed by atoms with E-state index in [-0.39, 0.29) is 11.8 Å². The first kappa shape index (κ1) is 18.4. The molecule has 0 bridgehead atoms. The van der Waals surface area contributed by atoms with Gasteiger partial charge >= 0.3 is 0 Å². The molecule has 134 valence electrons. The van der Waals surface area contributed by atoms with E-state index in [0.717, 1.165) is 22.6 Å². The Kier molecular flexibility index (Phi) is 5.59. The second-order valence-corrected chi connectivity index (χ2v) is 6.96. The number of carbonyl (C=O) groups is 1. The van der Waals surface area contributed by atoms with Crippen molar-refractivity contribution in [1.29, 1.82) is 0 Å². The van der Waals surface area contributed by atoms with Crippen molar-refractivity contribution in [3.63, 3.8) is 0 Å². The Hall–Kier alpha value is -2.37. The molecule has 26 heavy (non-hydrogen) atoms. The van der Waals surface area contributed by atoms with Crippen molar-refractivity contribution in [2.45, 2.75) is 26.5 Å². The average Bonchev–Trinajstić information content (AvgIpc) is 2.60. The van der Waals surface area contributed by atoms with Crippen LogP contribution >= 0.6 is 23.8 Å². The minimum absolute atomic E-state index is 0.00230. The highest BCUT2D eigenvalue weighted by Gasteiger charge is 2.27. The highest BCUT2D eigenvalue weighted by atomic mass is 35.5. The fourth-order valence-electron chi connectivity index (χ4n) is 2.94. The summed E-state index contributed by atoms with van der Waals surface area (Å²) in [6.07, 6.45) is 0. The zero-order valence-electron chi connectivity index (χ0n) is 14.5. The van der Waals surface area contributed by atoms with Crippen molar-refractivity contribution >= 4 is 34.7 Å². The van der Waals surface area contributed by atoms with Crippen LogP contribution in [0.5, 0.6) is 5.75 Å². The Morgan fingerprint density at radius 2 is 1.96 bits per heavy atom. The monoisotopic (exact) mass is 386 g/mol. The lowest BCUT2D eigenvalue weighted by molar-refractivity contribution is -0.114. The molecule has 1 heterocycles. The zero-order valence-corrected chi connectivity index (χ0v) is 16.1. The summed E-state index contributed by atoms with van der Waals surface area (Å²) in [6.45, 7) is 3.86. The number of nitrogens with one attached hydrogen (secondary N) is 2. The number of ketones is 1. The molecule has 0 amide bonds. The van der Waals surface area contributed by atoms with E-state index in [9.17, 15) is 4.79 Å². The van der Waals surface area contributed by atoms with Gasteiger partial charge in [0.15, 0.2) is 10.9 Å². The largest absolute Gasteiger partial charge is 0.489 e. The van der Waals surface area contributed by atoms with Gasteiger partial charge in [0.05, 0.1) is 6.04 Å². The van der Waals surface area contributed by atoms with Crippen LogP contribution in [0.3, 0.4) is 0 Å². The minimum Gasteiger partial charge on any atom is -0.489 e. The maximum absolute atomic E-state index is 12.1. The Bertz CT molecular complexity index is 878. The van der Waals surface area contributed by atoms with Crippen LogP contribution in [0.25, 0.3) is 0 Å². The molecule has 2 aromatic carbocycles. The van der Waals surface area contributed by atoms with Gasteiger partial charge in [-0.05, 0) is 61.5 Å². The molecule has 3 rings (SSSR count). The van der Waals surface area contributed by atoms with Crippen LogP contribution in [-0.2, 0) is 11.4 Å². The number of allylic oxidation sites excluding steroid dienone is 1. The third-order valence-electron chi connectivity index (χ3n) is 4.16. The number of thiocarbonyl (C=S) groups is 1. The van der Waals surface area contributed by atoms with E-state index in [4.69, 9.17) is 28.6 Å². The molecule has 2 aromatic rings. The predicted molar refractivity (Wildman–Crippen MR) is 107 cm³/mol. The molecule has 4 nitrogen and oxygen atoms in total. The van der Waals surface area contributed by atoms with Crippen LogP contribution in [0.4, 0.5) is 0 Å². The molecule has 1 atom stereocenters. The second-order valence-electron chi connectivity index (χ2n) is 6.11. The van der Waals surface area contributed by atoms with Gasteiger partial charge < -0.3 is 15.4 Å². The Labute approximate surface area is 163 Å². The predicted octanol–water partition coefficient (Wildman–Crippen LogP) is 4.30. The first-order chi connectivity index (χ1) is 12.4. The first-order valence-corrected chi connectivity index (χ1v) is 8.99. The summed E-state index contributed by atoms with van der Waals surface area (Å²) in [4.78, 5) is 12.1. The van der Waals surface area contributed by atoms with Gasteiger partial charge in [-0.2, -0.15) is 0 Å². The van der Waals surface area contributed by atoms with Crippen molar-refractivity contribution in [1.82, 2.24) is 10.6 Å². The quantitative estimate of drug-likeness (QED) is 0.750. The topological polar surface area (TPSA) is 50.4 Å². The van der Waals surface area contributed by atoms with Gasteiger partial charge in [-0.25, -0.2) is 0 Å². The van der Waals surface area contributed by atoms with Crippen LogP contribution in [0.15, 0.2) is 59.8 Å². The van der Waals surface area contributed by atoms with Crippen LogP contribution in [-0.4, -0.2) is 10.9 Å². The van der Waals surface area contributed by atoms with E-state index in [0.29, 0.717) is 22.3 Å². The molecule has 1 unspecified atom stereocenters. The van der Waals surface area contributed by atoms with Gasteiger partial charge in [0.2, 0.25) is 0 Å². The average molecular weight is 387 g/mol. The van der Waals surface area contributed by atoms with E-state index in [1.165, 1.54) is 0 Å². The van der Waals surface area contributed by atoms with Crippen LogP contribution < -0.4 is 15.4 Å². The fraction of sp³-hybridized carbons (Fsp3) is 0.200. The highest BCUT2D eigenvalue weighted by molar-refractivity contribution is 7.80. The van der Waals surface area contributed by atoms with Crippen LogP contribution in [0.2, 0.25) is 5.02 Å². The number of halogens is 1. The fourth-order valence-corrected chi connectivity index (χ4v) is 3.34. The molecule has 0 fully saturated rings. The van der Waals surface area contributed by atoms with E-state index >= 15 is 0 Å². The Balaban J connectivity index is 1.82. The molecule has 0 aromatic heterocycles. The summed E-state index contributed by atoms with van der Waals surface area (Å²) in [5.41, 5.74) is 3.40. The maximum Gasteiger partial charge on any atom is 0.171 e. The van der Waals surface area contributed by atoms with E-state index in [2.05, 4.69) is 10.6 Å². The van der Waals surface area contributed by atoms with E-state index in [1.54, 1.807) is 6.92 Å². The summed E-state index contributed by atoms with van der Waals surface area (Å²) in [5.74, 6) is 0.728. The van der Waals surface area contributed by atoms with Crippen molar-refractivity contribution < 1.29 is 9.53 Å². The number of ether oxygens (including phenoxy) is 1. The summed E-state index contributed by atoms with van der Waals surface area (Å²) >= 11 is 11.2. The van der Waals surface area contributed by atoms with Gasteiger partial charge in [-0.1, -0.05) is 35.9 Å². The number of hydrogen-bond donors (Lipinski definition) is 2. The molecule has 0 aliphatic carbocycles. The normalized spacial score (nSPS) is 16.7. The van der Waals surface area contributed by atoms with E-state index < -0.39 is 0 Å². The molecule has 6 heteroatoms. The van der Waals surface area contributed by atoms with Gasteiger partial charge in [0.1, 0.15) is 12.4 Å². The molecular formula is C20H19ClN2O2S. The lowest BCUT2D eigenvalue weighted by Gasteiger charge is -2.30. The standard InChI is InChI=1S/C20H19ClN2O2S/c1-12-18(13(2)24)19(23-20(26)22-12)15-4-3-5-17(10-15)25-11-14-6-8-16(21)9-7-14/h3-10,19H,11H2,1-2H3,(H2,22,23,26). The molecule has 0 radical (unpaired) electrons. The lowest BCUT2D eigenvalue weighted by Crippen LogP contribution is -2.44. The Morgan fingerprint density at radius 1 is 1.23 bits per heavy atom. The Morgan fingerprint density at radius 3 is 2.65 bits per heavy atom. The molecule has 0 saturated carbocycles. The molecule has 1 aliphatic rings. The SMILES string of the molecule is CC(=O)C1=C(C)NC(=S)NC1c1cccc(OCc2ccc(Cl)cc2)c1. The molecular weight excluding hydrogens is 368 g/mol. The molecule has 0 saturated heterocycles. The summed E-state index contributed by atoms with van der Waals surface area (Å²) in [5, 5.41) is 7.39.